The van der Waals surface area contributed by atoms with E-state index in [1.165, 1.54) is 30.6 Å². The Morgan fingerprint density at radius 2 is 2.17 bits per heavy atom. The number of nitrogens with one attached hydrogen (secondary N) is 1. The first-order valence-corrected chi connectivity index (χ1v) is 7.46. The van der Waals surface area contributed by atoms with Crippen molar-refractivity contribution >= 4 is 17.5 Å². The minimum atomic E-state index is -0.407. The Balaban J connectivity index is 1.97. The molecular formula is C16H16ClFN2O3. The molecule has 0 aliphatic rings. The smallest absolute Gasteiger partial charge is 0.257 e. The van der Waals surface area contributed by atoms with Gasteiger partial charge in [0.05, 0.1) is 6.61 Å². The first-order valence-electron chi connectivity index (χ1n) is 7.08. The molecule has 0 aliphatic carbocycles. The van der Waals surface area contributed by atoms with Crippen molar-refractivity contribution in [1.82, 2.24) is 5.32 Å². The molecule has 1 aromatic heterocycles. The van der Waals surface area contributed by atoms with Gasteiger partial charge in [-0.05, 0) is 31.0 Å². The number of amides is 1. The molecule has 1 N–H and O–H groups in total. The van der Waals surface area contributed by atoms with Crippen molar-refractivity contribution in [3.8, 4) is 5.75 Å². The fourth-order valence-corrected chi connectivity index (χ4v) is 2.30. The summed E-state index contributed by atoms with van der Waals surface area (Å²) in [5.74, 6) is -0.471. The minimum absolute atomic E-state index is 0.205. The van der Waals surface area contributed by atoms with Crippen molar-refractivity contribution in [2.75, 3.05) is 13.2 Å². The summed E-state index contributed by atoms with van der Waals surface area (Å²) < 4.78 is 18.7. The first-order chi connectivity index (χ1) is 11.0. The zero-order chi connectivity index (χ0) is 16.8. The molecule has 23 heavy (non-hydrogen) atoms. The summed E-state index contributed by atoms with van der Waals surface area (Å²) in [5, 5.41) is 14.5. The molecule has 0 unspecified atom stereocenters. The Kier molecular flexibility index (Phi) is 5.76. The molecule has 0 fully saturated rings. The Morgan fingerprint density at radius 3 is 2.87 bits per heavy atom. The molecule has 1 aromatic carbocycles. The Hall–Kier alpha value is -2.34. The molecule has 0 saturated carbocycles. The van der Waals surface area contributed by atoms with Crippen LogP contribution in [0.15, 0.2) is 36.7 Å². The van der Waals surface area contributed by atoms with Crippen LogP contribution in [-0.4, -0.2) is 19.1 Å². The third-order valence-corrected chi connectivity index (χ3v) is 3.44. The molecule has 1 amide bonds. The van der Waals surface area contributed by atoms with E-state index in [0.29, 0.717) is 35.1 Å². The molecule has 5 nitrogen and oxygen atoms in total. The lowest BCUT2D eigenvalue weighted by Gasteiger charge is -2.08. The van der Waals surface area contributed by atoms with Crippen LogP contribution in [0.4, 0.5) is 4.39 Å². The van der Waals surface area contributed by atoms with Crippen LogP contribution in [0.1, 0.15) is 22.8 Å². The number of nitrogens with zero attached hydrogens (tertiary/aromatic N) is 1. The van der Waals surface area contributed by atoms with Crippen molar-refractivity contribution in [3.05, 3.63) is 63.8 Å². The fourth-order valence-electron chi connectivity index (χ4n) is 2.03. The maximum atomic E-state index is 13.0. The molecule has 2 rings (SSSR count). The number of hydrogen-bond donors (Lipinski definition) is 1. The van der Waals surface area contributed by atoms with Crippen LogP contribution in [0, 0.1) is 11.0 Å². The summed E-state index contributed by atoms with van der Waals surface area (Å²) in [6.45, 7) is 2.49. The van der Waals surface area contributed by atoms with E-state index < -0.39 is 11.7 Å². The molecule has 0 bridgehead atoms. The van der Waals surface area contributed by atoms with Crippen LogP contribution in [0.2, 0.25) is 5.02 Å². The zero-order valence-corrected chi connectivity index (χ0v) is 13.3. The van der Waals surface area contributed by atoms with Crippen molar-refractivity contribution < 1.29 is 18.7 Å². The molecule has 122 valence electrons. The van der Waals surface area contributed by atoms with E-state index >= 15 is 0 Å². The van der Waals surface area contributed by atoms with Gasteiger partial charge < -0.3 is 15.3 Å². The van der Waals surface area contributed by atoms with Crippen LogP contribution >= 0.6 is 11.6 Å². The van der Waals surface area contributed by atoms with E-state index in [4.69, 9.17) is 16.3 Å². The molecular weight excluding hydrogens is 323 g/mol. The van der Waals surface area contributed by atoms with Gasteiger partial charge >= 0.3 is 0 Å². The molecule has 7 heteroatoms. The molecule has 0 spiro atoms. The van der Waals surface area contributed by atoms with Gasteiger partial charge in [-0.25, -0.2) is 4.39 Å². The van der Waals surface area contributed by atoms with Gasteiger partial charge in [0, 0.05) is 17.6 Å². The summed E-state index contributed by atoms with van der Waals surface area (Å²) in [5.41, 5.74) is 0.937. The number of carbonyl (C=O) groups is 1. The monoisotopic (exact) mass is 338 g/mol. The number of rotatable bonds is 6. The average molecular weight is 339 g/mol. The van der Waals surface area contributed by atoms with Crippen molar-refractivity contribution in [1.29, 1.82) is 0 Å². The molecule has 0 atom stereocenters. The van der Waals surface area contributed by atoms with Gasteiger partial charge in [-0.3, -0.25) is 4.79 Å². The minimum Gasteiger partial charge on any atom is -0.619 e. The normalized spacial score (nSPS) is 10.4. The molecule has 0 radical (unpaired) electrons. The highest BCUT2D eigenvalue weighted by Crippen LogP contribution is 2.17. The van der Waals surface area contributed by atoms with Crippen molar-refractivity contribution in [2.24, 2.45) is 0 Å². The van der Waals surface area contributed by atoms with Crippen LogP contribution in [0.3, 0.4) is 0 Å². The van der Waals surface area contributed by atoms with Crippen LogP contribution in [0.25, 0.3) is 0 Å². The topological polar surface area (TPSA) is 65.3 Å². The number of benzene rings is 1. The van der Waals surface area contributed by atoms with Crippen molar-refractivity contribution in [2.45, 2.75) is 13.3 Å². The number of ether oxygens (including phenoxy) is 1. The maximum absolute atomic E-state index is 13.0. The van der Waals surface area contributed by atoms with E-state index in [1.54, 1.807) is 13.0 Å². The number of aromatic nitrogens is 1. The lowest BCUT2D eigenvalue weighted by Crippen LogP contribution is -2.31. The largest absolute Gasteiger partial charge is 0.619 e. The fraction of sp³-hybridized carbons (Fsp3) is 0.250. The van der Waals surface area contributed by atoms with Gasteiger partial charge in [0.15, 0.2) is 11.9 Å². The van der Waals surface area contributed by atoms with Gasteiger partial charge in [0.25, 0.3) is 5.91 Å². The second-order valence-corrected chi connectivity index (χ2v) is 5.20. The second kappa shape index (κ2) is 7.78. The Labute approximate surface area is 138 Å². The van der Waals surface area contributed by atoms with Gasteiger partial charge in [0.2, 0.25) is 6.20 Å². The van der Waals surface area contributed by atoms with Crippen LogP contribution in [-0.2, 0) is 6.42 Å². The van der Waals surface area contributed by atoms with Gasteiger partial charge in [-0.2, -0.15) is 4.73 Å². The van der Waals surface area contributed by atoms with E-state index in [2.05, 4.69) is 5.32 Å². The van der Waals surface area contributed by atoms with E-state index in [1.807, 2.05) is 0 Å². The highest BCUT2D eigenvalue weighted by Gasteiger charge is 2.12. The van der Waals surface area contributed by atoms with E-state index in [0.717, 1.165) is 5.56 Å². The lowest BCUT2D eigenvalue weighted by molar-refractivity contribution is -0.605. The van der Waals surface area contributed by atoms with Crippen LogP contribution in [0.5, 0.6) is 5.75 Å². The predicted octanol–water partition coefficient (Wildman–Crippen LogP) is 2.48. The highest BCUT2D eigenvalue weighted by atomic mass is 35.5. The second-order valence-electron chi connectivity index (χ2n) is 4.79. The number of carbonyl (C=O) groups excluding carboxylic acids is 1. The number of pyridine rings is 1. The molecule has 1 heterocycles. The highest BCUT2D eigenvalue weighted by molar-refractivity contribution is 6.31. The van der Waals surface area contributed by atoms with E-state index in [9.17, 15) is 14.4 Å². The lowest BCUT2D eigenvalue weighted by atomic mass is 10.1. The molecule has 2 aromatic rings. The summed E-state index contributed by atoms with van der Waals surface area (Å²) in [7, 11) is 0. The predicted molar refractivity (Wildman–Crippen MR) is 84.0 cm³/mol. The SMILES string of the molecule is CCOc1cc(C(=O)NCCc2ccc(F)cc2Cl)c[n+]([O-])c1. The first kappa shape index (κ1) is 17.0. The Bertz CT molecular complexity index is 710. The van der Waals surface area contributed by atoms with Gasteiger partial charge in [-0.1, -0.05) is 17.7 Å². The number of halogens is 2. The summed E-state index contributed by atoms with van der Waals surface area (Å²) in [4.78, 5) is 12.1. The Morgan fingerprint density at radius 1 is 1.39 bits per heavy atom. The summed E-state index contributed by atoms with van der Waals surface area (Å²) in [6.07, 6.45) is 2.87. The van der Waals surface area contributed by atoms with Gasteiger partial charge in [-0.15, -0.1) is 0 Å². The van der Waals surface area contributed by atoms with Crippen LogP contribution < -0.4 is 14.8 Å². The zero-order valence-electron chi connectivity index (χ0n) is 12.5. The van der Waals surface area contributed by atoms with E-state index in [-0.39, 0.29) is 5.56 Å². The van der Waals surface area contributed by atoms with Crippen molar-refractivity contribution in [3.63, 3.8) is 0 Å². The summed E-state index contributed by atoms with van der Waals surface area (Å²) in [6, 6.07) is 5.61. The average Bonchev–Trinajstić information content (AvgIpc) is 2.49. The quantitative estimate of drug-likeness (QED) is 0.650. The standard InChI is InChI=1S/C16H16ClFN2O3/c1-2-23-14-7-12(9-20(22)10-14)16(21)19-6-5-11-3-4-13(18)8-15(11)17/h3-4,7-10H,2,5-6H2,1H3,(H,19,21). The number of hydrogen-bond acceptors (Lipinski definition) is 3. The molecule has 0 aliphatic heterocycles. The third-order valence-electron chi connectivity index (χ3n) is 3.09. The maximum Gasteiger partial charge on any atom is 0.257 e. The summed E-state index contributed by atoms with van der Waals surface area (Å²) >= 11 is 5.92. The molecule has 0 saturated heterocycles. The van der Waals surface area contributed by atoms with Gasteiger partial charge in [0.1, 0.15) is 11.4 Å². The third kappa shape index (κ3) is 4.82.